The minimum atomic E-state index is 0.566. The van der Waals surface area contributed by atoms with Crippen molar-refractivity contribution in [3.05, 3.63) is 146 Å². The van der Waals surface area contributed by atoms with Crippen LogP contribution in [0.5, 0.6) is 11.5 Å². The Kier molecular flexibility index (Phi) is 5.40. The van der Waals surface area contributed by atoms with Crippen LogP contribution in [-0.2, 0) is 0 Å². The lowest BCUT2D eigenvalue weighted by molar-refractivity contribution is 0.477. The highest BCUT2D eigenvalue weighted by atomic mass is 16.5. The molecule has 0 radical (unpaired) electrons. The number of anilines is 3. The molecule has 6 aromatic carbocycles. The number of ether oxygens (including phenoxy) is 1. The Morgan fingerprint density at radius 2 is 1.14 bits per heavy atom. The lowest BCUT2D eigenvalue weighted by atomic mass is 10.1. The molecular weight excluding hydrogens is 544 g/mol. The number of benzene rings is 6. The van der Waals surface area contributed by atoms with Crippen LogP contribution in [0.15, 0.2) is 150 Å². The molecule has 0 amide bonds. The van der Waals surface area contributed by atoms with Crippen LogP contribution < -0.4 is 9.64 Å². The van der Waals surface area contributed by atoms with E-state index >= 15 is 0 Å². The van der Waals surface area contributed by atoms with Gasteiger partial charge in [0.25, 0.3) is 0 Å². The number of para-hydroxylation sites is 5. The van der Waals surface area contributed by atoms with Gasteiger partial charge in [-0.25, -0.2) is 9.97 Å². The van der Waals surface area contributed by atoms with E-state index in [2.05, 4.69) is 76.2 Å². The van der Waals surface area contributed by atoms with E-state index in [1.54, 1.807) is 0 Å². The number of aromatic nitrogens is 3. The van der Waals surface area contributed by atoms with E-state index < -0.39 is 0 Å². The largest absolute Gasteiger partial charge is 0.453 e. The van der Waals surface area contributed by atoms with Crippen LogP contribution in [0, 0.1) is 0 Å². The van der Waals surface area contributed by atoms with Crippen molar-refractivity contribution in [2.24, 2.45) is 0 Å². The van der Waals surface area contributed by atoms with Crippen molar-refractivity contribution in [2.45, 2.75) is 0 Å². The van der Waals surface area contributed by atoms with Gasteiger partial charge < -0.3 is 14.1 Å². The van der Waals surface area contributed by atoms with E-state index in [0.717, 1.165) is 67.7 Å². The highest BCUT2D eigenvalue weighted by Gasteiger charge is 2.25. The van der Waals surface area contributed by atoms with Crippen molar-refractivity contribution in [2.75, 3.05) is 4.90 Å². The summed E-state index contributed by atoms with van der Waals surface area (Å²) >= 11 is 0. The second-order valence-electron chi connectivity index (χ2n) is 10.7. The summed E-state index contributed by atoms with van der Waals surface area (Å²) in [4.78, 5) is 12.2. The quantitative estimate of drug-likeness (QED) is 0.211. The molecule has 0 N–H and O–H groups in total. The zero-order valence-electron chi connectivity index (χ0n) is 23.5. The van der Waals surface area contributed by atoms with E-state index in [-0.39, 0.29) is 0 Å². The standard InChI is InChI=1S/C38H24N4O2/c1-3-11-25(12-4-1)37-39-29-24-36-30(23-33(29)42(37)27-13-5-2-6-14-27)40-38(44-36)26-19-21-28(22-20-26)41-31-15-7-9-17-34(31)43-35-18-10-8-16-32(35)41/h1-24H. The van der Waals surface area contributed by atoms with E-state index in [0.29, 0.717) is 11.5 Å². The first kappa shape index (κ1) is 24.5. The molecule has 3 heterocycles. The van der Waals surface area contributed by atoms with Crippen LogP contribution >= 0.6 is 0 Å². The average Bonchev–Trinajstić information content (AvgIpc) is 3.68. The predicted molar refractivity (Wildman–Crippen MR) is 174 cm³/mol. The van der Waals surface area contributed by atoms with E-state index in [1.807, 2.05) is 78.9 Å². The van der Waals surface area contributed by atoms with Gasteiger partial charge in [-0.05, 0) is 66.7 Å². The van der Waals surface area contributed by atoms with Gasteiger partial charge in [0.1, 0.15) is 11.3 Å². The highest BCUT2D eigenvalue weighted by Crippen LogP contribution is 2.50. The maximum Gasteiger partial charge on any atom is 0.227 e. The maximum absolute atomic E-state index is 6.33. The zero-order chi connectivity index (χ0) is 29.0. The number of nitrogens with zero attached hydrogens (tertiary/aromatic N) is 4. The predicted octanol–water partition coefficient (Wildman–Crippen LogP) is 10.1. The third-order valence-corrected chi connectivity index (χ3v) is 8.01. The van der Waals surface area contributed by atoms with Crippen LogP contribution in [0.1, 0.15) is 0 Å². The molecule has 9 rings (SSSR count). The molecule has 208 valence electrons. The van der Waals surface area contributed by atoms with E-state index in [1.165, 1.54) is 0 Å². The second kappa shape index (κ2) is 9.71. The number of fused-ring (bicyclic) bond motifs is 4. The van der Waals surface area contributed by atoms with Gasteiger partial charge in [-0.3, -0.25) is 4.57 Å². The topological polar surface area (TPSA) is 56.3 Å². The van der Waals surface area contributed by atoms with Gasteiger partial charge in [0.15, 0.2) is 17.1 Å². The molecule has 0 aliphatic carbocycles. The van der Waals surface area contributed by atoms with E-state index in [4.69, 9.17) is 19.1 Å². The molecule has 1 aliphatic heterocycles. The number of oxazole rings is 1. The van der Waals surface area contributed by atoms with Crippen molar-refractivity contribution in [1.29, 1.82) is 0 Å². The molecule has 0 atom stereocenters. The van der Waals surface area contributed by atoms with Crippen LogP contribution in [0.25, 0.3) is 50.7 Å². The summed E-state index contributed by atoms with van der Waals surface area (Å²) in [6, 6.07) is 49.1. The molecule has 0 saturated heterocycles. The minimum absolute atomic E-state index is 0.566. The third-order valence-electron chi connectivity index (χ3n) is 8.01. The van der Waals surface area contributed by atoms with Crippen molar-refractivity contribution in [3.8, 4) is 40.0 Å². The summed E-state index contributed by atoms with van der Waals surface area (Å²) in [6.07, 6.45) is 0. The van der Waals surface area contributed by atoms with Gasteiger partial charge in [-0.2, -0.15) is 0 Å². The molecule has 0 bridgehead atoms. The van der Waals surface area contributed by atoms with Crippen molar-refractivity contribution < 1.29 is 9.15 Å². The summed E-state index contributed by atoms with van der Waals surface area (Å²) in [7, 11) is 0. The average molecular weight is 569 g/mol. The molecular formula is C38H24N4O2. The first-order valence-corrected chi connectivity index (χ1v) is 14.5. The summed E-state index contributed by atoms with van der Waals surface area (Å²) < 4.78 is 14.7. The number of rotatable bonds is 4. The smallest absolute Gasteiger partial charge is 0.227 e. The molecule has 6 nitrogen and oxygen atoms in total. The van der Waals surface area contributed by atoms with E-state index in [9.17, 15) is 0 Å². The first-order valence-electron chi connectivity index (χ1n) is 14.5. The fourth-order valence-electron chi connectivity index (χ4n) is 5.98. The highest BCUT2D eigenvalue weighted by molar-refractivity contribution is 5.94. The molecule has 0 spiro atoms. The summed E-state index contributed by atoms with van der Waals surface area (Å²) in [5.41, 5.74) is 9.30. The van der Waals surface area contributed by atoms with Gasteiger partial charge >= 0.3 is 0 Å². The van der Waals surface area contributed by atoms with Crippen LogP contribution in [-0.4, -0.2) is 14.5 Å². The van der Waals surface area contributed by atoms with Gasteiger partial charge in [0, 0.05) is 28.6 Å². The number of hydrogen-bond donors (Lipinski definition) is 0. The van der Waals surface area contributed by atoms with Crippen molar-refractivity contribution >= 4 is 39.2 Å². The Balaban J connectivity index is 1.13. The fourth-order valence-corrected chi connectivity index (χ4v) is 5.98. The van der Waals surface area contributed by atoms with Crippen molar-refractivity contribution in [1.82, 2.24) is 14.5 Å². The lowest BCUT2D eigenvalue weighted by Crippen LogP contribution is -2.15. The van der Waals surface area contributed by atoms with Gasteiger partial charge in [-0.15, -0.1) is 0 Å². The minimum Gasteiger partial charge on any atom is -0.453 e. The fraction of sp³-hybridized carbons (Fsp3) is 0. The molecule has 2 aromatic heterocycles. The second-order valence-corrected chi connectivity index (χ2v) is 10.7. The van der Waals surface area contributed by atoms with Crippen molar-refractivity contribution in [3.63, 3.8) is 0 Å². The molecule has 0 saturated carbocycles. The van der Waals surface area contributed by atoms with Gasteiger partial charge in [-0.1, -0.05) is 72.8 Å². The number of hydrogen-bond acceptors (Lipinski definition) is 5. The molecule has 0 fully saturated rings. The summed E-state index contributed by atoms with van der Waals surface area (Å²) in [5, 5.41) is 0. The molecule has 0 unspecified atom stereocenters. The lowest BCUT2D eigenvalue weighted by Gasteiger charge is -2.32. The van der Waals surface area contributed by atoms with Crippen LogP contribution in [0.4, 0.5) is 17.1 Å². The van der Waals surface area contributed by atoms with Gasteiger partial charge in [0.05, 0.1) is 22.4 Å². The summed E-state index contributed by atoms with van der Waals surface area (Å²) in [6.45, 7) is 0. The monoisotopic (exact) mass is 568 g/mol. The molecule has 6 heteroatoms. The SMILES string of the molecule is c1ccc(-c2nc3cc4oc(-c5ccc(N6c7ccccc7Oc7ccccc76)cc5)nc4cc3n2-c2ccccc2)cc1. The van der Waals surface area contributed by atoms with Gasteiger partial charge in [0.2, 0.25) is 5.89 Å². The molecule has 8 aromatic rings. The maximum atomic E-state index is 6.33. The Morgan fingerprint density at radius 3 is 1.84 bits per heavy atom. The Labute approximate surface area is 253 Å². The normalized spacial score (nSPS) is 12.2. The molecule has 44 heavy (non-hydrogen) atoms. The van der Waals surface area contributed by atoms with Crippen LogP contribution in [0.3, 0.4) is 0 Å². The third kappa shape index (κ3) is 3.89. The Bertz CT molecular complexity index is 2260. The van der Waals surface area contributed by atoms with Crippen LogP contribution in [0.2, 0.25) is 0 Å². The zero-order valence-corrected chi connectivity index (χ0v) is 23.5. The number of imidazole rings is 1. The molecule has 1 aliphatic rings. The Hall–Kier alpha value is -6.14. The first-order chi connectivity index (χ1) is 21.8. The Morgan fingerprint density at radius 1 is 0.500 bits per heavy atom. The summed E-state index contributed by atoms with van der Waals surface area (Å²) in [5.74, 6) is 3.09.